The van der Waals surface area contributed by atoms with Crippen LogP contribution in [0.3, 0.4) is 0 Å². The van der Waals surface area contributed by atoms with Crippen molar-refractivity contribution in [3.8, 4) is 0 Å². The molecule has 0 N–H and O–H groups in total. The Kier molecular flexibility index (Phi) is 5.30. The molecule has 1 amide bonds. The zero-order chi connectivity index (χ0) is 17.2. The summed E-state index contributed by atoms with van der Waals surface area (Å²) in [5, 5.41) is 0. The zero-order valence-electron chi connectivity index (χ0n) is 13.6. The number of unbranched alkanes of at least 4 members (excludes halogenated alkanes) is 3. The predicted molar refractivity (Wildman–Crippen MR) is 96.4 cm³/mol. The van der Waals surface area contributed by atoms with Crippen molar-refractivity contribution >= 4 is 31.3 Å². The summed E-state index contributed by atoms with van der Waals surface area (Å²) >= 11 is 0. The van der Waals surface area contributed by atoms with Gasteiger partial charge in [-0.1, -0.05) is 31.0 Å². The maximum Gasteiger partial charge on any atom is 0.258 e. The number of amides is 1. The molecule has 0 saturated heterocycles. The fourth-order valence-corrected chi connectivity index (χ4v) is 4.23. The number of hydrogen-bond acceptors (Lipinski definition) is 3. The molecule has 1 fully saturated rings. The number of nitrogens with zero attached hydrogens (tertiary/aromatic N) is 1. The minimum Gasteiger partial charge on any atom is -0.308 e. The van der Waals surface area contributed by atoms with E-state index < -0.39 is 9.05 Å². The Morgan fingerprint density at radius 3 is 2.29 bits per heavy atom. The maximum absolute atomic E-state index is 12.7. The van der Waals surface area contributed by atoms with Gasteiger partial charge in [0.2, 0.25) is 9.05 Å². The van der Waals surface area contributed by atoms with E-state index in [4.69, 9.17) is 10.7 Å². The summed E-state index contributed by atoms with van der Waals surface area (Å²) in [5.74, 6) is 0.126. The lowest BCUT2D eigenvalue weighted by molar-refractivity contribution is 0.0847. The molecule has 130 valence electrons. The molecule has 1 aliphatic heterocycles. The summed E-state index contributed by atoms with van der Waals surface area (Å²) in [5.41, 5.74) is 4.40. The average molecular weight is 368 g/mol. The van der Waals surface area contributed by atoms with Gasteiger partial charge in [0, 0.05) is 28.4 Å². The highest BCUT2D eigenvalue weighted by atomic mass is 35.7. The molecule has 0 bridgehead atoms. The van der Waals surface area contributed by atoms with E-state index in [1.165, 1.54) is 12.0 Å². The number of rotatable bonds is 7. The van der Waals surface area contributed by atoms with Crippen molar-refractivity contribution in [2.75, 3.05) is 12.3 Å². The van der Waals surface area contributed by atoms with Gasteiger partial charge in [-0.3, -0.25) is 4.79 Å². The molecule has 24 heavy (non-hydrogen) atoms. The number of carbonyl (C=O) groups excluding carboxylic acids is 1. The second-order valence-corrected chi connectivity index (χ2v) is 9.36. The Bertz CT molecular complexity index is 764. The molecule has 6 heteroatoms. The average Bonchev–Trinajstić information content (AvgIpc) is 2.74. The quantitative estimate of drug-likeness (QED) is 0.537. The van der Waals surface area contributed by atoms with Crippen molar-refractivity contribution in [1.82, 2.24) is 4.90 Å². The third-order valence-corrected chi connectivity index (χ3v) is 5.98. The fraction of sp³-hybridized carbons (Fsp3) is 0.500. The van der Waals surface area contributed by atoms with Crippen molar-refractivity contribution in [2.45, 2.75) is 44.9 Å². The molecule has 4 nitrogen and oxygen atoms in total. The van der Waals surface area contributed by atoms with Gasteiger partial charge in [0.15, 0.2) is 0 Å². The van der Waals surface area contributed by atoms with Gasteiger partial charge < -0.3 is 4.90 Å². The summed E-state index contributed by atoms with van der Waals surface area (Å²) in [6.45, 7) is 0.694. The largest absolute Gasteiger partial charge is 0.308 e. The molecule has 0 unspecified atom stereocenters. The first-order valence-electron chi connectivity index (χ1n) is 8.53. The number of allylic oxidation sites excluding steroid dienone is 1. The molecule has 0 spiro atoms. The Hall–Kier alpha value is -1.33. The van der Waals surface area contributed by atoms with Crippen LogP contribution in [0.15, 0.2) is 29.8 Å². The maximum atomic E-state index is 12.7. The van der Waals surface area contributed by atoms with E-state index in [0.29, 0.717) is 13.0 Å². The van der Waals surface area contributed by atoms with Crippen LogP contribution < -0.4 is 0 Å². The number of hydrogen-bond donors (Lipinski definition) is 0. The molecule has 1 aromatic carbocycles. The first-order valence-corrected chi connectivity index (χ1v) is 11.0. The van der Waals surface area contributed by atoms with Crippen molar-refractivity contribution < 1.29 is 13.2 Å². The van der Waals surface area contributed by atoms with Gasteiger partial charge in [0.25, 0.3) is 5.91 Å². The molecule has 0 radical (unpaired) electrons. The standard InChI is InChI=1S/C18H22ClNO3S/c19-24(22,23)13-6-2-1-5-12-20-17(14-8-7-9-14)15-10-3-4-11-16(15)18(20)21/h3-4,10-11H,1-2,5-9,12-13H2. The molecule has 3 rings (SSSR count). The molecule has 0 aromatic heterocycles. The minimum absolute atomic E-state index is 0.0257. The minimum atomic E-state index is -3.39. The van der Waals surface area contributed by atoms with E-state index in [0.717, 1.165) is 48.9 Å². The predicted octanol–water partition coefficient (Wildman–Crippen LogP) is 4.17. The third-order valence-electron chi connectivity index (χ3n) is 4.74. The number of carbonyl (C=O) groups is 1. The van der Waals surface area contributed by atoms with Crippen molar-refractivity contribution in [1.29, 1.82) is 0 Å². The lowest BCUT2D eigenvalue weighted by atomic mass is 9.88. The highest BCUT2D eigenvalue weighted by molar-refractivity contribution is 8.13. The second kappa shape index (κ2) is 7.28. The van der Waals surface area contributed by atoms with Crippen LogP contribution in [0.4, 0.5) is 0 Å². The monoisotopic (exact) mass is 367 g/mol. The summed E-state index contributed by atoms with van der Waals surface area (Å²) in [6.07, 6.45) is 6.53. The summed E-state index contributed by atoms with van der Waals surface area (Å²) in [4.78, 5) is 14.6. The Balaban J connectivity index is 1.60. The van der Waals surface area contributed by atoms with E-state index in [9.17, 15) is 13.2 Å². The fourth-order valence-electron chi connectivity index (χ4n) is 3.35. The van der Waals surface area contributed by atoms with E-state index in [2.05, 4.69) is 0 Å². The van der Waals surface area contributed by atoms with Gasteiger partial charge in [-0.2, -0.15) is 0 Å². The van der Waals surface area contributed by atoms with Crippen LogP contribution in [-0.2, 0) is 9.05 Å². The normalized spacial score (nSPS) is 17.2. The van der Waals surface area contributed by atoms with Crippen LogP contribution in [0.2, 0.25) is 0 Å². The summed E-state index contributed by atoms with van der Waals surface area (Å²) < 4.78 is 21.8. The Morgan fingerprint density at radius 2 is 1.67 bits per heavy atom. The molecule has 0 atom stereocenters. The van der Waals surface area contributed by atoms with Gasteiger partial charge in [-0.05, 0) is 43.7 Å². The van der Waals surface area contributed by atoms with Gasteiger partial charge in [-0.15, -0.1) is 0 Å². The van der Waals surface area contributed by atoms with Crippen LogP contribution in [0, 0.1) is 0 Å². The van der Waals surface area contributed by atoms with Gasteiger partial charge in [-0.25, -0.2) is 8.42 Å². The summed E-state index contributed by atoms with van der Waals surface area (Å²) in [7, 11) is 1.82. The molecular formula is C18H22ClNO3S. The lowest BCUT2D eigenvalue weighted by Gasteiger charge is -2.26. The zero-order valence-corrected chi connectivity index (χ0v) is 15.2. The molecule has 1 saturated carbocycles. The van der Waals surface area contributed by atoms with Gasteiger partial charge in [0.05, 0.1) is 11.4 Å². The van der Waals surface area contributed by atoms with E-state index in [1.807, 2.05) is 29.2 Å². The smallest absolute Gasteiger partial charge is 0.258 e. The molecule has 1 aromatic rings. The highest BCUT2D eigenvalue weighted by Gasteiger charge is 2.34. The topological polar surface area (TPSA) is 54.5 Å². The van der Waals surface area contributed by atoms with Crippen molar-refractivity contribution in [3.05, 3.63) is 41.0 Å². The summed E-state index contributed by atoms with van der Waals surface area (Å²) in [6, 6.07) is 7.85. The van der Waals surface area contributed by atoms with Crippen molar-refractivity contribution in [3.63, 3.8) is 0 Å². The first-order chi connectivity index (χ1) is 11.5. The van der Waals surface area contributed by atoms with Crippen molar-refractivity contribution in [2.24, 2.45) is 0 Å². The second-order valence-electron chi connectivity index (χ2n) is 6.47. The number of halogens is 1. The van der Waals surface area contributed by atoms with Crippen LogP contribution in [0.25, 0.3) is 5.70 Å². The molecule has 1 aliphatic carbocycles. The number of benzene rings is 1. The molecule has 2 aliphatic rings. The van der Waals surface area contributed by atoms with E-state index in [-0.39, 0.29) is 11.7 Å². The third kappa shape index (κ3) is 3.83. The van der Waals surface area contributed by atoms with Gasteiger partial charge in [0.1, 0.15) is 0 Å². The first kappa shape index (κ1) is 17.5. The molecule has 1 heterocycles. The van der Waals surface area contributed by atoms with Crippen LogP contribution >= 0.6 is 10.7 Å². The lowest BCUT2D eigenvalue weighted by Crippen LogP contribution is -2.26. The molecular weight excluding hydrogens is 346 g/mol. The Morgan fingerprint density at radius 1 is 1.00 bits per heavy atom. The highest BCUT2D eigenvalue weighted by Crippen LogP contribution is 2.41. The Labute approximate surface area is 147 Å². The van der Waals surface area contributed by atoms with Gasteiger partial charge >= 0.3 is 0 Å². The van der Waals surface area contributed by atoms with Crippen LogP contribution in [-0.4, -0.2) is 31.5 Å². The number of fused-ring (bicyclic) bond motifs is 1. The van der Waals surface area contributed by atoms with Crippen LogP contribution in [0.1, 0.15) is 60.9 Å². The van der Waals surface area contributed by atoms with E-state index >= 15 is 0 Å². The SMILES string of the molecule is O=C1c2ccccc2C(=C2CCC2)N1CCCCCCS(=O)(=O)Cl. The van der Waals surface area contributed by atoms with E-state index in [1.54, 1.807) is 0 Å². The van der Waals surface area contributed by atoms with Crippen LogP contribution in [0.5, 0.6) is 0 Å².